The predicted octanol–water partition coefficient (Wildman–Crippen LogP) is 2.39. The van der Waals surface area contributed by atoms with E-state index in [4.69, 9.17) is 4.74 Å². The van der Waals surface area contributed by atoms with Crippen LogP contribution in [0.15, 0.2) is 0 Å². The molecule has 4 heteroatoms. The van der Waals surface area contributed by atoms with Gasteiger partial charge in [0.2, 0.25) is 5.91 Å². The molecule has 1 saturated carbocycles. The lowest BCUT2D eigenvalue weighted by molar-refractivity contribution is -0.128. The van der Waals surface area contributed by atoms with E-state index in [0.29, 0.717) is 0 Å². The van der Waals surface area contributed by atoms with Gasteiger partial charge in [-0.1, -0.05) is 26.2 Å². The van der Waals surface area contributed by atoms with Crippen molar-refractivity contribution in [3.05, 3.63) is 0 Å². The molecule has 0 aromatic carbocycles. The first-order valence-corrected chi connectivity index (χ1v) is 7.38. The zero-order valence-electron chi connectivity index (χ0n) is 12.1. The first-order valence-electron chi connectivity index (χ1n) is 7.38. The van der Waals surface area contributed by atoms with Gasteiger partial charge in [-0.2, -0.15) is 5.26 Å². The molecular formula is C15H24N2O2. The SMILES string of the molecule is CC1OC(C)C(C(=O)NC2(C#N)CCCCC2)C1C. The monoisotopic (exact) mass is 264 g/mol. The Labute approximate surface area is 115 Å². The number of nitrogens with zero attached hydrogens (tertiary/aromatic N) is 1. The third kappa shape index (κ3) is 2.76. The molecule has 0 aromatic heterocycles. The van der Waals surface area contributed by atoms with Crippen LogP contribution in [0.2, 0.25) is 0 Å². The van der Waals surface area contributed by atoms with Gasteiger partial charge in [-0.05, 0) is 32.6 Å². The quantitative estimate of drug-likeness (QED) is 0.833. The number of rotatable bonds is 2. The van der Waals surface area contributed by atoms with E-state index < -0.39 is 5.54 Å². The Kier molecular flexibility index (Phi) is 4.15. The molecule has 1 amide bonds. The topological polar surface area (TPSA) is 62.1 Å². The second-order valence-electron chi connectivity index (χ2n) is 6.18. The average Bonchev–Trinajstić information content (AvgIpc) is 2.64. The number of hydrogen-bond donors (Lipinski definition) is 1. The van der Waals surface area contributed by atoms with E-state index in [1.165, 1.54) is 0 Å². The number of amides is 1. The molecule has 0 radical (unpaired) electrons. The third-order valence-corrected chi connectivity index (χ3v) is 4.83. The van der Waals surface area contributed by atoms with Gasteiger partial charge in [0.05, 0.1) is 24.2 Å². The lowest BCUT2D eigenvalue weighted by atomic mass is 9.81. The Bertz CT molecular complexity index is 382. The van der Waals surface area contributed by atoms with E-state index in [1.54, 1.807) is 0 Å². The van der Waals surface area contributed by atoms with Crippen LogP contribution < -0.4 is 5.32 Å². The molecule has 2 rings (SSSR count). The maximum atomic E-state index is 12.5. The molecule has 4 unspecified atom stereocenters. The molecule has 2 aliphatic rings. The molecule has 0 aromatic rings. The summed E-state index contributed by atoms with van der Waals surface area (Å²) in [6.07, 6.45) is 4.81. The van der Waals surface area contributed by atoms with E-state index in [2.05, 4.69) is 18.3 Å². The highest BCUT2D eigenvalue weighted by Crippen LogP contribution is 2.34. The third-order valence-electron chi connectivity index (χ3n) is 4.83. The lowest BCUT2D eigenvalue weighted by Crippen LogP contribution is -2.52. The highest BCUT2D eigenvalue weighted by atomic mass is 16.5. The fourth-order valence-corrected chi connectivity index (χ4v) is 3.46. The van der Waals surface area contributed by atoms with Crippen molar-refractivity contribution in [3.8, 4) is 6.07 Å². The van der Waals surface area contributed by atoms with Gasteiger partial charge < -0.3 is 10.1 Å². The van der Waals surface area contributed by atoms with Crippen LogP contribution in [-0.2, 0) is 9.53 Å². The number of nitriles is 1. The minimum Gasteiger partial charge on any atom is -0.374 e. The maximum Gasteiger partial charge on any atom is 0.227 e. The Morgan fingerprint density at radius 3 is 2.32 bits per heavy atom. The maximum absolute atomic E-state index is 12.5. The van der Waals surface area contributed by atoms with Gasteiger partial charge in [-0.25, -0.2) is 0 Å². The highest BCUT2D eigenvalue weighted by Gasteiger charge is 2.44. The van der Waals surface area contributed by atoms with Gasteiger partial charge in [-0.15, -0.1) is 0 Å². The van der Waals surface area contributed by atoms with Crippen LogP contribution in [0.25, 0.3) is 0 Å². The average molecular weight is 264 g/mol. The van der Waals surface area contributed by atoms with Gasteiger partial charge >= 0.3 is 0 Å². The van der Waals surface area contributed by atoms with E-state index in [-0.39, 0.29) is 30.0 Å². The Balaban J connectivity index is 2.06. The first kappa shape index (κ1) is 14.3. The van der Waals surface area contributed by atoms with Crippen molar-refractivity contribution in [1.82, 2.24) is 5.32 Å². The van der Waals surface area contributed by atoms with Gasteiger partial charge in [0.15, 0.2) is 0 Å². The normalized spacial score (nSPS) is 37.6. The second-order valence-corrected chi connectivity index (χ2v) is 6.18. The molecule has 1 heterocycles. The number of carbonyl (C=O) groups is 1. The lowest BCUT2D eigenvalue weighted by Gasteiger charge is -2.33. The van der Waals surface area contributed by atoms with Crippen molar-refractivity contribution >= 4 is 5.91 Å². The minimum absolute atomic E-state index is 0.00667. The van der Waals surface area contributed by atoms with Crippen molar-refractivity contribution in [2.75, 3.05) is 0 Å². The van der Waals surface area contributed by atoms with Crippen LogP contribution in [0.3, 0.4) is 0 Å². The summed E-state index contributed by atoms with van der Waals surface area (Å²) in [4.78, 5) is 12.5. The summed E-state index contributed by atoms with van der Waals surface area (Å²) >= 11 is 0. The number of hydrogen-bond acceptors (Lipinski definition) is 3. The van der Waals surface area contributed by atoms with Crippen LogP contribution in [0.4, 0.5) is 0 Å². The molecule has 0 bridgehead atoms. The number of ether oxygens (including phenoxy) is 1. The minimum atomic E-state index is -0.638. The molecular weight excluding hydrogens is 240 g/mol. The molecule has 106 valence electrons. The van der Waals surface area contributed by atoms with Crippen molar-refractivity contribution in [2.45, 2.75) is 70.6 Å². The van der Waals surface area contributed by atoms with Crippen LogP contribution in [0, 0.1) is 23.2 Å². The molecule has 4 nitrogen and oxygen atoms in total. The standard InChI is InChI=1S/C15H24N2O2/c1-10-11(2)19-12(3)13(10)14(18)17-15(9-16)7-5-4-6-8-15/h10-13H,4-8H2,1-3H3,(H,17,18). The summed E-state index contributed by atoms with van der Waals surface area (Å²) < 4.78 is 5.72. The van der Waals surface area contributed by atoms with Gasteiger partial charge in [0, 0.05) is 0 Å². The van der Waals surface area contributed by atoms with Crippen molar-refractivity contribution < 1.29 is 9.53 Å². The Hall–Kier alpha value is -1.08. The summed E-state index contributed by atoms with van der Waals surface area (Å²) in [5.41, 5.74) is -0.638. The fraction of sp³-hybridized carbons (Fsp3) is 0.867. The molecule has 1 aliphatic heterocycles. The van der Waals surface area contributed by atoms with Crippen molar-refractivity contribution in [3.63, 3.8) is 0 Å². The Morgan fingerprint density at radius 2 is 1.84 bits per heavy atom. The van der Waals surface area contributed by atoms with Gasteiger partial charge in [0.25, 0.3) is 0 Å². The van der Waals surface area contributed by atoms with Crippen LogP contribution in [0.5, 0.6) is 0 Å². The first-order chi connectivity index (χ1) is 8.99. The largest absolute Gasteiger partial charge is 0.374 e. The zero-order valence-corrected chi connectivity index (χ0v) is 12.1. The summed E-state index contributed by atoms with van der Waals surface area (Å²) in [5, 5.41) is 12.4. The van der Waals surface area contributed by atoms with Crippen LogP contribution in [-0.4, -0.2) is 23.7 Å². The van der Waals surface area contributed by atoms with Crippen LogP contribution >= 0.6 is 0 Å². The molecule has 4 atom stereocenters. The molecule has 0 spiro atoms. The number of carbonyl (C=O) groups excluding carboxylic acids is 1. The molecule has 1 N–H and O–H groups in total. The highest BCUT2D eigenvalue weighted by molar-refractivity contribution is 5.81. The predicted molar refractivity (Wildman–Crippen MR) is 72.2 cm³/mol. The summed E-state index contributed by atoms with van der Waals surface area (Å²) in [6.45, 7) is 6.01. The van der Waals surface area contributed by atoms with Crippen LogP contribution in [0.1, 0.15) is 52.9 Å². The molecule has 1 aliphatic carbocycles. The number of nitrogens with one attached hydrogen (secondary N) is 1. The van der Waals surface area contributed by atoms with E-state index in [1.807, 2.05) is 13.8 Å². The van der Waals surface area contributed by atoms with Crippen molar-refractivity contribution in [2.24, 2.45) is 11.8 Å². The smallest absolute Gasteiger partial charge is 0.227 e. The zero-order chi connectivity index (χ0) is 14.0. The second kappa shape index (κ2) is 5.50. The van der Waals surface area contributed by atoms with E-state index in [9.17, 15) is 10.1 Å². The van der Waals surface area contributed by atoms with Crippen molar-refractivity contribution in [1.29, 1.82) is 5.26 Å². The van der Waals surface area contributed by atoms with Gasteiger partial charge in [-0.3, -0.25) is 4.79 Å². The van der Waals surface area contributed by atoms with Gasteiger partial charge in [0.1, 0.15) is 5.54 Å². The van der Waals surface area contributed by atoms with E-state index in [0.717, 1.165) is 32.1 Å². The van der Waals surface area contributed by atoms with E-state index >= 15 is 0 Å². The summed E-state index contributed by atoms with van der Waals surface area (Å²) in [6, 6.07) is 2.34. The Morgan fingerprint density at radius 1 is 1.21 bits per heavy atom. The summed E-state index contributed by atoms with van der Waals surface area (Å²) in [5.74, 6) is 0.0595. The molecule has 2 fully saturated rings. The summed E-state index contributed by atoms with van der Waals surface area (Å²) in [7, 11) is 0. The molecule has 1 saturated heterocycles. The fourth-order valence-electron chi connectivity index (χ4n) is 3.46. The molecule has 19 heavy (non-hydrogen) atoms.